The third-order valence-electron chi connectivity index (χ3n) is 5.99. The van der Waals surface area contributed by atoms with Crippen LogP contribution < -0.4 is 4.74 Å². The first-order valence-corrected chi connectivity index (χ1v) is 12.8. The van der Waals surface area contributed by atoms with E-state index in [0.717, 1.165) is 41.3 Å². The van der Waals surface area contributed by atoms with Gasteiger partial charge >= 0.3 is 0 Å². The summed E-state index contributed by atoms with van der Waals surface area (Å²) in [6, 6.07) is 18.4. The number of hydrogen-bond acceptors (Lipinski definition) is 4. The fourth-order valence-electron chi connectivity index (χ4n) is 4.22. The minimum Gasteiger partial charge on any atom is -0.493 e. The Morgan fingerprint density at radius 3 is 2.55 bits per heavy atom. The normalized spacial score (nSPS) is 14.5. The fourth-order valence-corrected chi connectivity index (χ4v) is 5.79. The maximum absolute atomic E-state index is 13.3. The van der Waals surface area contributed by atoms with Gasteiger partial charge in [-0.3, -0.25) is 4.79 Å². The van der Waals surface area contributed by atoms with Crippen LogP contribution in [-0.2, 0) is 16.6 Å². The van der Waals surface area contributed by atoms with E-state index in [1.165, 1.54) is 10.4 Å². The van der Waals surface area contributed by atoms with E-state index in [0.29, 0.717) is 31.8 Å². The molecule has 0 bridgehead atoms. The van der Waals surface area contributed by atoms with Crippen molar-refractivity contribution in [1.82, 2.24) is 9.21 Å². The molecule has 1 amide bonds. The van der Waals surface area contributed by atoms with Crippen LogP contribution >= 0.6 is 0 Å². The molecule has 4 rings (SSSR count). The van der Waals surface area contributed by atoms with E-state index in [1.54, 1.807) is 30.1 Å². The lowest BCUT2D eigenvalue weighted by atomic mass is 10.0. The number of benzene rings is 3. The molecule has 1 aliphatic rings. The van der Waals surface area contributed by atoms with Crippen LogP contribution in [0.3, 0.4) is 0 Å². The van der Waals surface area contributed by atoms with Crippen molar-refractivity contribution >= 4 is 26.7 Å². The van der Waals surface area contributed by atoms with E-state index in [4.69, 9.17) is 4.74 Å². The number of fused-ring (bicyclic) bond motifs is 1. The second-order valence-electron chi connectivity index (χ2n) is 8.41. The highest BCUT2D eigenvalue weighted by Crippen LogP contribution is 2.30. The Morgan fingerprint density at radius 2 is 1.79 bits per heavy atom. The molecule has 7 heteroatoms. The van der Waals surface area contributed by atoms with Crippen molar-refractivity contribution in [3.63, 3.8) is 0 Å². The van der Waals surface area contributed by atoms with Crippen molar-refractivity contribution in [2.45, 2.75) is 37.6 Å². The van der Waals surface area contributed by atoms with E-state index in [2.05, 4.69) is 6.92 Å². The van der Waals surface area contributed by atoms with Gasteiger partial charge in [-0.25, -0.2) is 8.42 Å². The number of ether oxygens (including phenoxy) is 1. The average Bonchev–Trinajstić information content (AvgIpc) is 3.39. The number of hydrogen-bond donors (Lipinski definition) is 0. The quantitative estimate of drug-likeness (QED) is 0.483. The Balaban J connectivity index is 1.62. The summed E-state index contributed by atoms with van der Waals surface area (Å²) in [4.78, 5) is 15.1. The lowest BCUT2D eigenvalue weighted by Crippen LogP contribution is -2.29. The van der Waals surface area contributed by atoms with E-state index in [1.807, 2.05) is 36.4 Å². The molecule has 0 saturated carbocycles. The predicted molar refractivity (Wildman–Crippen MR) is 130 cm³/mol. The summed E-state index contributed by atoms with van der Waals surface area (Å²) in [5.74, 6) is 0.531. The van der Waals surface area contributed by atoms with Crippen LogP contribution in [0.1, 0.15) is 42.1 Å². The van der Waals surface area contributed by atoms with Gasteiger partial charge in [0.25, 0.3) is 5.91 Å². The van der Waals surface area contributed by atoms with Crippen molar-refractivity contribution in [3.8, 4) is 5.75 Å². The van der Waals surface area contributed by atoms with E-state index in [-0.39, 0.29) is 10.8 Å². The highest BCUT2D eigenvalue weighted by molar-refractivity contribution is 7.89. The third-order valence-corrected chi connectivity index (χ3v) is 7.88. The zero-order valence-corrected chi connectivity index (χ0v) is 20.0. The van der Waals surface area contributed by atoms with E-state index in [9.17, 15) is 13.2 Å². The number of carbonyl (C=O) groups excluding carboxylic acids is 1. The summed E-state index contributed by atoms with van der Waals surface area (Å²) < 4.78 is 33.4. The van der Waals surface area contributed by atoms with Crippen molar-refractivity contribution in [3.05, 3.63) is 71.8 Å². The molecule has 3 aromatic rings. The minimum atomic E-state index is -3.58. The lowest BCUT2D eigenvalue weighted by molar-refractivity contribution is 0.0784. The SMILES string of the molecule is CCCOc1ccc2ccccc2c1CN(C)C(=O)c1cccc(S(=O)(=O)N2CCCC2)c1. The zero-order valence-electron chi connectivity index (χ0n) is 19.2. The molecule has 0 radical (unpaired) electrons. The van der Waals surface area contributed by atoms with Gasteiger partial charge in [-0.05, 0) is 54.3 Å². The Morgan fingerprint density at radius 1 is 1.03 bits per heavy atom. The third kappa shape index (κ3) is 4.89. The molecular formula is C26H30N2O4S. The van der Waals surface area contributed by atoms with Crippen LogP contribution in [0, 0.1) is 0 Å². The second-order valence-corrected chi connectivity index (χ2v) is 10.4. The number of rotatable bonds is 8. The summed E-state index contributed by atoms with van der Waals surface area (Å²) in [5.41, 5.74) is 1.30. The van der Waals surface area contributed by atoms with Crippen molar-refractivity contribution in [2.24, 2.45) is 0 Å². The molecule has 6 nitrogen and oxygen atoms in total. The molecule has 1 fully saturated rings. The molecule has 0 spiro atoms. The zero-order chi connectivity index (χ0) is 23.4. The van der Waals surface area contributed by atoms with Crippen LogP contribution in [0.2, 0.25) is 0 Å². The Labute approximate surface area is 195 Å². The standard InChI is InChI=1S/C26H30N2O4S/c1-3-17-32-25-14-13-20-9-4-5-12-23(20)24(25)19-27(2)26(29)21-10-8-11-22(18-21)33(30,31)28-15-6-7-16-28/h4-5,8-14,18H,3,6-7,15-17,19H2,1-2H3. The first-order chi connectivity index (χ1) is 15.9. The molecule has 1 heterocycles. The van der Waals surface area contributed by atoms with Crippen molar-refractivity contribution in [1.29, 1.82) is 0 Å². The summed E-state index contributed by atoms with van der Waals surface area (Å²) in [5, 5.41) is 2.12. The molecule has 0 N–H and O–H groups in total. The molecular weight excluding hydrogens is 436 g/mol. The van der Waals surface area contributed by atoms with Gasteiger partial charge in [0.05, 0.1) is 11.5 Å². The maximum atomic E-state index is 13.3. The Hall–Kier alpha value is -2.90. The predicted octanol–water partition coefficient (Wildman–Crippen LogP) is 4.69. The van der Waals surface area contributed by atoms with Crippen LogP contribution in [0.15, 0.2) is 65.6 Å². The van der Waals surface area contributed by atoms with Crippen molar-refractivity contribution < 1.29 is 17.9 Å². The van der Waals surface area contributed by atoms with E-state index >= 15 is 0 Å². The van der Waals surface area contributed by atoms with Gasteiger partial charge in [-0.15, -0.1) is 0 Å². The van der Waals surface area contributed by atoms with Gasteiger partial charge in [0.2, 0.25) is 10.0 Å². The van der Waals surface area contributed by atoms with Gasteiger partial charge < -0.3 is 9.64 Å². The van der Waals surface area contributed by atoms with Gasteiger partial charge in [0, 0.05) is 37.8 Å². The smallest absolute Gasteiger partial charge is 0.253 e. The highest BCUT2D eigenvalue weighted by Gasteiger charge is 2.28. The molecule has 1 saturated heterocycles. The number of nitrogens with zero attached hydrogens (tertiary/aromatic N) is 2. The summed E-state index contributed by atoms with van der Waals surface area (Å²) in [7, 11) is -1.85. The Bertz CT molecular complexity index is 1250. The number of sulfonamides is 1. The largest absolute Gasteiger partial charge is 0.493 e. The molecule has 0 aromatic heterocycles. The van der Waals surface area contributed by atoms with Gasteiger partial charge in [-0.1, -0.05) is 43.3 Å². The van der Waals surface area contributed by atoms with E-state index < -0.39 is 10.0 Å². The van der Waals surface area contributed by atoms with Crippen LogP contribution in [0.4, 0.5) is 0 Å². The van der Waals surface area contributed by atoms with Crippen LogP contribution in [0.5, 0.6) is 5.75 Å². The monoisotopic (exact) mass is 466 g/mol. The maximum Gasteiger partial charge on any atom is 0.253 e. The molecule has 3 aromatic carbocycles. The number of amides is 1. The molecule has 0 aliphatic carbocycles. The van der Waals surface area contributed by atoms with Gasteiger partial charge in [-0.2, -0.15) is 4.31 Å². The summed E-state index contributed by atoms with van der Waals surface area (Å²) in [6.45, 7) is 4.06. The summed E-state index contributed by atoms with van der Waals surface area (Å²) in [6.07, 6.45) is 2.63. The first kappa shape index (κ1) is 23.3. The molecule has 0 unspecified atom stereocenters. The first-order valence-electron chi connectivity index (χ1n) is 11.4. The molecule has 0 atom stereocenters. The van der Waals surface area contributed by atoms with Crippen LogP contribution in [0.25, 0.3) is 10.8 Å². The average molecular weight is 467 g/mol. The second kappa shape index (κ2) is 9.93. The molecule has 174 valence electrons. The molecule has 33 heavy (non-hydrogen) atoms. The topological polar surface area (TPSA) is 66.9 Å². The molecule has 1 aliphatic heterocycles. The van der Waals surface area contributed by atoms with Crippen LogP contribution in [-0.4, -0.2) is 50.3 Å². The highest BCUT2D eigenvalue weighted by atomic mass is 32.2. The fraction of sp³-hybridized carbons (Fsp3) is 0.346. The van der Waals surface area contributed by atoms with Gasteiger partial charge in [0.1, 0.15) is 5.75 Å². The lowest BCUT2D eigenvalue weighted by Gasteiger charge is -2.22. The summed E-state index contributed by atoms with van der Waals surface area (Å²) >= 11 is 0. The van der Waals surface area contributed by atoms with Crippen molar-refractivity contribution in [2.75, 3.05) is 26.7 Å². The minimum absolute atomic E-state index is 0.167. The van der Waals surface area contributed by atoms with Gasteiger partial charge in [0.15, 0.2) is 0 Å². The number of carbonyl (C=O) groups is 1. The Kier molecular flexibility index (Phi) is 7.00.